The largest absolute Gasteiger partial charge is 0.506 e. The van der Waals surface area contributed by atoms with Crippen LogP contribution in [0.25, 0.3) is 22.6 Å². The Morgan fingerprint density at radius 1 is 1.19 bits per heavy atom. The van der Waals surface area contributed by atoms with Crippen LogP contribution in [0, 0.1) is 0 Å². The second-order valence-corrected chi connectivity index (χ2v) is 5.42. The molecule has 0 aliphatic heterocycles. The number of aliphatic imine (C=N–C) groups is 1. The van der Waals surface area contributed by atoms with Crippen LogP contribution in [-0.4, -0.2) is 28.0 Å². The van der Waals surface area contributed by atoms with Crippen LogP contribution in [0.5, 0.6) is 5.75 Å². The third-order valence-corrected chi connectivity index (χ3v) is 3.70. The summed E-state index contributed by atoms with van der Waals surface area (Å²) < 4.78 is 15.5. The molecule has 0 spiro atoms. The van der Waals surface area contributed by atoms with Gasteiger partial charge in [-0.15, -0.1) is 0 Å². The van der Waals surface area contributed by atoms with Crippen molar-refractivity contribution in [1.29, 1.82) is 0 Å². The molecule has 8 nitrogen and oxygen atoms in total. The van der Waals surface area contributed by atoms with Crippen LogP contribution in [0.4, 0.5) is 0 Å². The molecule has 0 radical (unpaired) electrons. The summed E-state index contributed by atoms with van der Waals surface area (Å²) in [6.45, 7) is 0.297. The van der Waals surface area contributed by atoms with Gasteiger partial charge in [-0.05, 0) is 24.3 Å². The van der Waals surface area contributed by atoms with E-state index in [9.17, 15) is 9.90 Å². The third-order valence-electron chi connectivity index (χ3n) is 3.70. The quantitative estimate of drug-likeness (QED) is 0.434. The van der Waals surface area contributed by atoms with Gasteiger partial charge in [0.25, 0.3) is 0 Å². The predicted molar refractivity (Wildman–Crippen MR) is 92.3 cm³/mol. The van der Waals surface area contributed by atoms with Crippen molar-refractivity contribution in [2.75, 3.05) is 6.54 Å². The molecular formula is C18H13N3O5. The maximum atomic E-state index is 12.0. The Bertz CT molecular complexity index is 1130. The predicted octanol–water partition coefficient (Wildman–Crippen LogP) is 2.80. The van der Waals surface area contributed by atoms with Gasteiger partial charge in [-0.3, -0.25) is 4.99 Å². The van der Waals surface area contributed by atoms with E-state index in [1.54, 1.807) is 36.4 Å². The van der Waals surface area contributed by atoms with Crippen molar-refractivity contribution in [3.05, 3.63) is 64.5 Å². The van der Waals surface area contributed by atoms with Crippen LogP contribution in [0.1, 0.15) is 11.5 Å². The fraction of sp³-hybridized carbons (Fsp3) is 0.111. The second-order valence-electron chi connectivity index (χ2n) is 5.42. The minimum Gasteiger partial charge on any atom is -0.506 e. The molecule has 0 unspecified atom stereocenters. The van der Waals surface area contributed by atoms with Crippen molar-refractivity contribution in [3.63, 3.8) is 0 Å². The Labute approximate surface area is 146 Å². The first kappa shape index (κ1) is 15.8. The van der Waals surface area contributed by atoms with Gasteiger partial charge in [0.2, 0.25) is 11.7 Å². The molecule has 4 aromatic rings. The van der Waals surface area contributed by atoms with E-state index in [1.807, 2.05) is 0 Å². The molecule has 1 N–H and O–H groups in total. The summed E-state index contributed by atoms with van der Waals surface area (Å²) in [5.41, 5.74) is -0.322. The molecule has 1 aromatic carbocycles. The van der Waals surface area contributed by atoms with E-state index >= 15 is 0 Å². The molecular weight excluding hydrogens is 338 g/mol. The smallest absolute Gasteiger partial charge is 0.348 e. The average Bonchev–Trinajstić information content (AvgIpc) is 3.32. The highest BCUT2D eigenvalue weighted by Gasteiger charge is 2.12. The van der Waals surface area contributed by atoms with E-state index in [2.05, 4.69) is 15.1 Å². The molecule has 0 saturated heterocycles. The third kappa shape index (κ3) is 3.00. The van der Waals surface area contributed by atoms with Crippen molar-refractivity contribution < 1.29 is 18.5 Å². The van der Waals surface area contributed by atoms with E-state index in [4.69, 9.17) is 13.4 Å². The number of aromatic nitrogens is 2. The lowest BCUT2D eigenvalue weighted by atomic mass is 10.1. The molecule has 0 saturated carbocycles. The number of rotatable bonds is 5. The van der Waals surface area contributed by atoms with Crippen LogP contribution in [0.2, 0.25) is 0 Å². The topological polar surface area (TPSA) is 115 Å². The molecule has 4 rings (SSSR count). The number of furan rings is 1. The summed E-state index contributed by atoms with van der Waals surface area (Å²) in [6, 6.07) is 10.2. The standard InChI is InChI=1S/C18H13N3O5/c22-16-11-4-1-2-5-13(11)25-18(23)12(16)10-19-8-7-15-20-17(21-26-15)14-6-3-9-24-14/h1-6,9-10,22H,7-8H2. The number of nitrogens with zero attached hydrogens (tertiary/aromatic N) is 3. The highest BCUT2D eigenvalue weighted by molar-refractivity contribution is 5.93. The van der Waals surface area contributed by atoms with E-state index in [0.29, 0.717) is 41.4 Å². The number of aromatic hydroxyl groups is 1. The van der Waals surface area contributed by atoms with E-state index in [-0.39, 0.29) is 11.3 Å². The summed E-state index contributed by atoms with van der Waals surface area (Å²) in [6.07, 6.45) is 3.19. The summed E-state index contributed by atoms with van der Waals surface area (Å²) >= 11 is 0. The van der Waals surface area contributed by atoms with Gasteiger partial charge in [0.15, 0.2) is 5.76 Å². The minimum absolute atomic E-state index is 0.00510. The van der Waals surface area contributed by atoms with Crippen molar-refractivity contribution in [2.45, 2.75) is 6.42 Å². The van der Waals surface area contributed by atoms with E-state index < -0.39 is 5.63 Å². The molecule has 0 fully saturated rings. The lowest BCUT2D eigenvalue weighted by molar-refractivity contribution is 0.379. The molecule has 26 heavy (non-hydrogen) atoms. The Balaban J connectivity index is 1.48. The normalized spacial score (nSPS) is 11.5. The van der Waals surface area contributed by atoms with Crippen molar-refractivity contribution in [2.24, 2.45) is 4.99 Å². The fourth-order valence-corrected chi connectivity index (χ4v) is 2.44. The number of hydrogen-bond acceptors (Lipinski definition) is 8. The van der Waals surface area contributed by atoms with Gasteiger partial charge in [0, 0.05) is 19.2 Å². The molecule has 0 aliphatic rings. The van der Waals surface area contributed by atoms with Gasteiger partial charge < -0.3 is 18.5 Å². The maximum Gasteiger partial charge on any atom is 0.348 e. The lowest BCUT2D eigenvalue weighted by Gasteiger charge is -2.01. The number of fused-ring (bicyclic) bond motifs is 1. The van der Waals surface area contributed by atoms with Gasteiger partial charge in [-0.2, -0.15) is 4.98 Å². The molecule has 8 heteroatoms. The Kier molecular flexibility index (Phi) is 4.06. The molecule has 130 valence electrons. The van der Waals surface area contributed by atoms with Crippen molar-refractivity contribution in [3.8, 4) is 17.3 Å². The SMILES string of the molecule is O=c1oc2ccccc2c(O)c1C=NCCc1nc(-c2ccco2)no1. The molecule has 3 aromatic heterocycles. The first-order valence-corrected chi connectivity index (χ1v) is 7.83. The van der Waals surface area contributed by atoms with Crippen LogP contribution in [0.3, 0.4) is 0 Å². The van der Waals surface area contributed by atoms with Crippen LogP contribution in [-0.2, 0) is 6.42 Å². The van der Waals surface area contributed by atoms with Gasteiger partial charge in [0.05, 0.1) is 11.6 Å². The van der Waals surface area contributed by atoms with Gasteiger partial charge in [0.1, 0.15) is 16.9 Å². The van der Waals surface area contributed by atoms with E-state index in [0.717, 1.165) is 0 Å². The molecule has 0 atom stereocenters. The highest BCUT2D eigenvalue weighted by Crippen LogP contribution is 2.24. The van der Waals surface area contributed by atoms with Crippen LogP contribution in [0.15, 0.2) is 65.8 Å². The molecule has 3 heterocycles. The number of benzene rings is 1. The molecule has 0 amide bonds. The van der Waals surface area contributed by atoms with Crippen molar-refractivity contribution in [1.82, 2.24) is 10.1 Å². The summed E-state index contributed by atoms with van der Waals surface area (Å²) in [5, 5.41) is 14.5. The zero-order chi connectivity index (χ0) is 17.9. The minimum atomic E-state index is -0.650. The molecule has 0 bridgehead atoms. The second kappa shape index (κ2) is 6.67. The van der Waals surface area contributed by atoms with Crippen molar-refractivity contribution >= 4 is 17.2 Å². The highest BCUT2D eigenvalue weighted by atomic mass is 16.5. The summed E-state index contributed by atoms with van der Waals surface area (Å²) in [7, 11) is 0. The lowest BCUT2D eigenvalue weighted by Crippen LogP contribution is -2.07. The number of hydrogen-bond donors (Lipinski definition) is 1. The summed E-state index contributed by atoms with van der Waals surface area (Å²) in [4.78, 5) is 20.3. The molecule has 0 aliphatic carbocycles. The van der Waals surface area contributed by atoms with Gasteiger partial charge in [-0.25, -0.2) is 4.79 Å². The number of para-hydroxylation sites is 1. The van der Waals surface area contributed by atoms with Crippen LogP contribution >= 0.6 is 0 Å². The Morgan fingerprint density at radius 3 is 2.92 bits per heavy atom. The first-order valence-electron chi connectivity index (χ1n) is 7.83. The van der Waals surface area contributed by atoms with Gasteiger partial charge in [-0.1, -0.05) is 17.3 Å². The first-order chi connectivity index (χ1) is 12.7. The van der Waals surface area contributed by atoms with Gasteiger partial charge >= 0.3 is 5.63 Å². The fourth-order valence-electron chi connectivity index (χ4n) is 2.44. The maximum absolute atomic E-state index is 12.0. The van der Waals surface area contributed by atoms with Crippen LogP contribution < -0.4 is 5.63 Å². The zero-order valence-corrected chi connectivity index (χ0v) is 13.5. The zero-order valence-electron chi connectivity index (χ0n) is 13.5. The average molecular weight is 351 g/mol. The summed E-state index contributed by atoms with van der Waals surface area (Å²) in [5.74, 6) is 1.12. The Hall–Kier alpha value is -3.68. The van der Waals surface area contributed by atoms with E-state index in [1.165, 1.54) is 12.5 Å². The monoisotopic (exact) mass is 351 g/mol. The Morgan fingerprint density at radius 2 is 2.08 bits per heavy atom.